The van der Waals surface area contributed by atoms with Crippen LogP contribution in [-0.2, 0) is 9.53 Å². The number of hydrogen-bond acceptors (Lipinski definition) is 3. The molecule has 0 amide bonds. The molecule has 0 aliphatic rings. The van der Waals surface area contributed by atoms with Crippen molar-refractivity contribution in [1.29, 1.82) is 0 Å². The maximum absolute atomic E-state index is 10.9. The van der Waals surface area contributed by atoms with Crippen molar-refractivity contribution in [1.82, 2.24) is 5.32 Å². The Morgan fingerprint density at radius 2 is 1.27 bits per heavy atom. The van der Waals surface area contributed by atoms with Crippen molar-refractivity contribution in [3.8, 4) is 0 Å². The zero-order chi connectivity index (χ0) is 19.1. The van der Waals surface area contributed by atoms with Gasteiger partial charge >= 0.3 is 5.97 Å². The summed E-state index contributed by atoms with van der Waals surface area (Å²) < 4.78 is 4.56. The van der Waals surface area contributed by atoms with Gasteiger partial charge in [0.25, 0.3) is 0 Å². The van der Waals surface area contributed by atoms with E-state index in [1.54, 1.807) is 0 Å². The van der Waals surface area contributed by atoms with E-state index in [1.807, 2.05) is 0 Å². The number of hydrogen-bond donors (Lipinski definition) is 1. The van der Waals surface area contributed by atoms with Crippen LogP contribution in [0.5, 0.6) is 0 Å². The van der Waals surface area contributed by atoms with E-state index < -0.39 is 0 Å². The Kier molecular flexibility index (Phi) is 20.1. The van der Waals surface area contributed by atoms with E-state index in [9.17, 15) is 4.79 Å². The van der Waals surface area contributed by atoms with Crippen LogP contribution in [0.3, 0.4) is 0 Å². The molecule has 0 unspecified atom stereocenters. The van der Waals surface area contributed by atoms with Crippen LogP contribution in [0.4, 0.5) is 0 Å². The lowest BCUT2D eigenvalue weighted by Crippen LogP contribution is -2.24. The molecule has 0 saturated carbocycles. The van der Waals surface area contributed by atoms with Gasteiger partial charge in [-0.1, -0.05) is 68.4 Å². The normalized spacial score (nSPS) is 12.2. The number of carbonyl (C=O) groups excluding carboxylic acids is 1. The number of methoxy groups -OCH3 is 1. The Labute approximate surface area is 161 Å². The molecule has 0 saturated heterocycles. The summed E-state index contributed by atoms with van der Waals surface area (Å²) in [7, 11) is 1.41. The van der Waals surface area contributed by atoms with Crippen LogP contribution >= 0.6 is 0 Å². The number of allylic oxidation sites excluding steroid dienone is 8. The minimum atomic E-state index is -0.203. The number of nitrogens with one attached hydrogen (secondary N) is 1. The lowest BCUT2D eigenvalue weighted by atomic mass is 10.2. The summed E-state index contributed by atoms with van der Waals surface area (Å²) in [6.45, 7) is 3.41. The molecule has 0 aromatic carbocycles. The van der Waals surface area contributed by atoms with Crippen molar-refractivity contribution >= 4 is 5.97 Å². The number of ether oxygens (including phenoxy) is 1. The highest BCUT2D eigenvalue weighted by Crippen LogP contribution is 2.01. The SMILES string of the molecule is CCCCCC=CCC=CCC=CCC=CCCCCNCC(=O)OC. The molecule has 3 heteroatoms. The Morgan fingerprint density at radius 3 is 1.77 bits per heavy atom. The summed E-state index contributed by atoms with van der Waals surface area (Å²) in [5.74, 6) is -0.203. The summed E-state index contributed by atoms with van der Waals surface area (Å²) in [6, 6.07) is 0. The van der Waals surface area contributed by atoms with E-state index in [-0.39, 0.29) is 5.97 Å². The number of unbranched alkanes of at least 4 members (excludes halogenated alkanes) is 5. The summed E-state index contributed by atoms with van der Waals surface area (Å²) in [4.78, 5) is 10.9. The third-order valence-electron chi connectivity index (χ3n) is 3.93. The molecule has 0 spiro atoms. The largest absolute Gasteiger partial charge is 0.468 e. The maximum Gasteiger partial charge on any atom is 0.319 e. The van der Waals surface area contributed by atoms with E-state index in [2.05, 4.69) is 65.6 Å². The minimum Gasteiger partial charge on any atom is -0.468 e. The van der Waals surface area contributed by atoms with Crippen molar-refractivity contribution in [2.75, 3.05) is 20.2 Å². The predicted molar refractivity (Wildman–Crippen MR) is 113 cm³/mol. The molecule has 3 nitrogen and oxygen atoms in total. The van der Waals surface area contributed by atoms with E-state index in [1.165, 1.54) is 32.8 Å². The molecule has 148 valence electrons. The molecule has 0 bridgehead atoms. The molecule has 26 heavy (non-hydrogen) atoms. The van der Waals surface area contributed by atoms with Gasteiger partial charge in [-0.15, -0.1) is 0 Å². The molecule has 0 heterocycles. The van der Waals surface area contributed by atoms with Crippen molar-refractivity contribution < 1.29 is 9.53 Å². The molecule has 0 fully saturated rings. The fraction of sp³-hybridized carbons (Fsp3) is 0.609. The molecule has 0 aliphatic carbocycles. The molecular weight excluding hydrogens is 322 g/mol. The smallest absolute Gasteiger partial charge is 0.319 e. The third-order valence-corrected chi connectivity index (χ3v) is 3.93. The zero-order valence-corrected chi connectivity index (χ0v) is 16.9. The second-order valence-electron chi connectivity index (χ2n) is 6.34. The van der Waals surface area contributed by atoms with Crippen LogP contribution in [0.25, 0.3) is 0 Å². The second kappa shape index (κ2) is 21.4. The van der Waals surface area contributed by atoms with Gasteiger partial charge < -0.3 is 10.1 Å². The van der Waals surface area contributed by atoms with Gasteiger partial charge in [0.05, 0.1) is 13.7 Å². The Balaban J connectivity index is 3.37. The molecule has 0 atom stereocenters. The fourth-order valence-electron chi connectivity index (χ4n) is 2.34. The van der Waals surface area contributed by atoms with Crippen molar-refractivity contribution in [3.05, 3.63) is 48.6 Å². The van der Waals surface area contributed by atoms with Gasteiger partial charge in [-0.05, 0) is 57.9 Å². The minimum absolute atomic E-state index is 0.203. The number of esters is 1. The summed E-state index contributed by atoms with van der Waals surface area (Å²) in [5, 5.41) is 3.07. The maximum atomic E-state index is 10.9. The van der Waals surface area contributed by atoms with Crippen LogP contribution in [-0.4, -0.2) is 26.2 Å². The monoisotopic (exact) mass is 361 g/mol. The number of rotatable bonds is 17. The summed E-state index contributed by atoms with van der Waals surface area (Å²) in [6.07, 6.45) is 29.5. The lowest BCUT2D eigenvalue weighted by Gasteiger charge is -2.01. The average molecular weight is 362 g/mol. The Bertz CT molecular complexity index is 422. The highest BCUT2D eigenvalue weighted by molar-refractivity contribution is 5.71. The first-order valence-electron chi connectivity index (χ1n) is 10.2. The van der Waals surface area contributed by atoms with E-state index >= 15 is 0 Å². The van der Waals surface area contributed by atoms with Gasteiger partial charge in [-0.25, -0.2) is 0 Å². The first-order chi connectivity index (χ1) is 12.8. The first-order valence-corrected chi connectivity index (χ1v) is 10.2. The van der Waals surface area contributed by atoms with Gasteiger partial charge in [0.15, 0.2) is 0 Å². The molecular formula is C23H39NO2. The molecule has 0 aromatic rings. The van der Waals surface area contributed by atoms with Gasteiger partial charge in [0.1, 0.15) is 0 Å². The second-order valence-corrected chi connectivity index (χ2v) is 6.34. The van der Waals surface area contributed by atoms with Crippen molar-refractivity contribution in [2.24, 2.45) is 0 Å². The molecule has 0 aromatic heterocycles. The van der Waals surface area contributed by atoms with E-state index in [4.69, 9.17) is 0 Å². The Morgan fingerprint density at radius 1 is 0.769 bits per heavy atom. The molecule has 0 aliphatic heterocycles. The standard InChI is InChI=1S/C23H39NO2/c1-3-4-5-6-7-8-9-10-11-12-13-14-15-16-17-18-19-20-21-24-22-23(25)26-2/h7-8,10-11,13-14,16-17,24H,3-6,9,12,15,18-22H2,1-2H3. The quantitative estimate of drug-likeness (QED) is 0.199. The van der Waals surface area contributed by atoms with Crippen LogP contribution in [0, 0.1) is 0 Å². The van der Waals surface area contributed by atoms with Gasteiger partial charge in [0, 0.05) is 0 Å². The summed E-state index contributed by atoms with van der Waals surface area (Å²) >= 11 is 0. The van der Waals surface area contributed by atoms with Crippen LogP contribution < -0.4 is 5.32 Å². The predicted octanol–water partition coefficient (Wildman–Crippen LogP) is 5.89. The van der Waals surface area contributed by atoms with E-state index in [0.717, 1.165) is 45.1 Å². The highest BCUT2D eigenvalue weighted by atomic mass is 16.5. The zero-order valence-electron chi connectivity index (χ0n) is 16.9. The van der Waals surface area contributed by atoms with Crippen LogP contribution in [0.2, 0.25) is 0 Å². The first kappa shape index (κ1) is 24.4. The van der Waals surface area contributed by atoms with Crippen LogP contribution in [0.1, 0.15) is 71.1 Å². The van der Waals surface area contributed by atoms with E-state index in [0.29, 0.717) is 6.54 Å². The fourth-order valence-corrected chi connectivity index (χ4v) is 2.34. The number of carbonyl (C=O) groups is 1. The van der Waals surface area contributed by atoms with Crippen molar-refractivity contribution in [2.45, 2.75) is 71.1 Å². The topological polar surface area (TPSA) is 38.3 Å². The average Bonchev–Trinajstić information content (AvgIpc) is 2.66. The van der Waals surface area contributed by atoms with Gasteiger partial charge in [-0.3, -0.25) is 4.79 Å². The third kappa shape index (κ3) is 20.4. The molecule has 0 radical (unpaired) electrons. The summed E-state index contributed by atoms with van der Waals surface area (Å²) in [5.41, 5.74) is 0. The van der Waals surface area contributed by atoms with Crippen molar-refractivity contribution in [3.63, 3.8) is 0 Å². The molecule has 1 N–H and O–H groups in total. The van der Waals surface area contributed by atoms with Gasteiger partial charge in [-0.2, -0.15) is 0 Å². The highest BCUT2D eigenvalue weighted by Gasteiger charge is 1.96. The Hall–Kier alpha value is -1.61. The van der Waals surface area contributed by atoms with Gasteiger partial charge in [0.2, 0.25) is 0 Å². The lowest BCUT2D eigenvalue weighted by molar-refractivity contribution is -0.139. The molecule has 0 rings (SSSR count). The van der Waals surface area contributed by atoms with Crippen LogP contribution in [0.15, 0.2) is 48.6 Å².